The van der Waals surface area contributed by atoms with Crippen LogP contribution in [0.15, 0.2) is 45.8 Å². The van der Waals surface area contributed by atoms with Gasteiger partial charge in [-0.2, -0.15) is 9.36 Å². The number of oxime groups is 1. The third-order valence-electron chi connectivity index (χ3n) is 5.65. The van der Waals surface area contributed by atoms with Crippen molar-refractivity contribution in [3.05, 3.63) is 47.2 Å². The van der Waals surface area contributed by atoms with Gasteiger partial charge in [0.25, 0.3) is 11.8 Å². The lowest BCUT2D eigenvalue weighted by molar-refractivity contribution is -0.150. The summed E-state index contributed by atoms with van der Waals surface area (Å²) >= 11 is 3.26. The third kappa shape index (κ3) is 5.99. The maximum Gasteiger partial charge on any atom is 0.352 e. The molecule has 2 aliphatic heterocycles. The number of carboxylic acids is 1. The van der Waals surface area contributed by atoms with E-state index in [9.17, 15) is 23.9 Å². The van der Waals surface area contributed by atoms with E-state index in [2.05, 4.69) is 35.4 Å². The van der Waals surface area contributed by atoms with Crippen molar-refractivity contribution in [2.75, 3.05) is 23.8 Å². The average molecular weight is 623 g/mol. The zero-order chi connectivity index (χ0) is 29.1. The van der Waals surface area contributed by atoms with Crippen LogP contribution < -0.4 is 15.9 Å². The van der Waals surface area contributed by atoms with Gasteiger partial charge < -0.3 is 26.1 Å². The van der Waals surface area contributed by atoms with E-state index in [1.807, 2.05) is 0 Å². The van der Waals surface area contributed by atoms with Crippen LogP contribution in [0.25, 0.3) is 0 Å². The van der Waals surface area contributed by atoms with Crippen molar-refractivity contribution < 1.29 is 33.8 Å². The SMILES string of the molecule is Nc1nc(/C(=N\Oc2ccc(F)cc2)C(=O)NC2C(=O)N3C(C(=O)O)=C(CSc4nnnn4CCO)CSC23)ns1. The number of carbonyl (C=O) groups is 3. The first-order valence-electron chi connectivity index (χ1n) is 11.6. The summed E-state index contributed by atoms with van der Waals surface area (Å²) in [6.07, 6.45) is 0. The summed E-state index contributed by atoms with van der Waals surface area (Å²) in [6.45, 7) is -0.00246. The number of β-lactam (4-membered cyclic amide) rings is 1. The number of anilines is 1. The van der Waals surface area contributed by atoms with Gasteiger partial charge in [0.05, 0.1) is 13.2 Å². The monoisotopic (exact) mass is 622 g/mol. The van der Waals surface area contributed by atoms with Crippen LogP contribution in [0.1, 0.15) is 5.82 Å². The first-order valence-corrected chi connectivity index (χ1v) is 14.4. The summed E-state index contributed by atoms with van der Waals surface area (Å²) in [6, 6.07) is 3.81. The summed E-state index contributed by atoms with van der Waals surface area (Å²) in [5, 5.41) is 36.4. The average Bonchev–Trinajstić information content (AvgIpc) is 3.59. The lowest BCUT2D eigenvalue weighted by Crippen LogP contribution is -2.71. The van der Waals surface area contributed by atoms with Crippen molar-refractivity contribution in [1.82, 2.24) is 39.8 Å². The Labute approximate surface area is 242 Å². The molecule has 1 fully saturated rings. The molecule has 1 aromatic carbocycles. The summed E-state index contributed by atoms with van der Waals surface area (Å²) < 4.78 is 18.6. The van der Waals surface area contributed by atoms with Crippen molar-refractivity contribution in [3.63, 3.8) is 0 Å². The normalized spacial score (nSPS) is 18.6. The number of nitrogens with two attached hydrogens (primary N) is 1. The van der Waals surface area contributed by atoms with E-state index in [1.54, 1.807) is 0 Å². The quantitative estimate of drug-likeness (QED) is 0.0920. The summed E-state index contributed by atoms with van der Waals surface area (Å²) in [7, 11) is 0. The van der Waals surface area contributed by atoms with Gasteiger partial charge in [-0.05, 0) is 40.3 Å². The van der Waals surface area contributed by atoms with Gasteiger partial charge >= 0.3 is 5.97 Å². The minimum absolute atomic E-state index is 0.0584. The van der Waals surface area contributed by atoms with Gasteiger partial charge in [-0.15, -0.1) is 16.9 Å². The Bertz CT molecular complexity index is 1540. The Morgan fingerprint density at radius 1 is 1.32 bits per heavy atom. The van der Waals surface area contributed by atoms with Crippen molar-refractivity contribution in [2.45, 2.75) is 23.1 Å². The molecule has 0 bridgehead atoms. The second-order valence-electron chi connectivity index (χ2n) is 8.26. The molecule has 1 saturated heterocycles. The number of rotatable bonds is 11. The predicted octanol–water partition coefficient (Wildman–Crippen LogP) is -0.448. The fourth-order valence-electron chi connectivity index (χ4n) is 3.80. The highest BCUT2D eigenvalue weighted by Crippen LogP contribution is 2.41. The molecule has 2 aliphatic rings. The minimum atomic E-state index is -1.30. The van der Waals surface area contributed by atoms with Crippen molar-refractivity contribution >= 4 is 63.7 Å². The van der Waals surface area contributed by atoms with E-state index in [4.69, 9.17) is 15.7 Å². The van der Waals surface area contributed by atoms with Crippen LogP contribution in [0.5, 0.6) is 5.75 Å². The van der Waals surface area contributed by atoms with Crippen LogP contribution in [0.4, 0.5) is 9.52 Å². The summed E-state index contributed by atoms with van der Waals surface area (Å²) in [5.41, 5.74) is 5.55. The first kappa shape index (κ1) is 28.4. The Morgan fingerprint density at radius 2 is 2.10 bits per heavy atom. The molecule has 16 nitrogen and oxygen atoms in total. The number of halogens is 1. The number of aliphatic hydroxyl groups is 1. The molecule has 0 spiro atoms. The molecule has 214 valence electrons. The van der Waals surface area contributed by atoms with Crippen LogP contribution in [-0.4, -0.2) is 97.7 Å². The number of nitrogen functional groups attached to an aromatic ring is 1. The van der Waals surface area contributed by atoms with Gasteiger partial charge in [0.1, 0.15) is 22.9 Å². The van der Waals surface area contributed by atoms with Crippen LogP contribution in [0.3, 0.4) is 0 Å². The molecular weight excluding hydrogens is 603 g/mol. The standard InChI is InChI=1S/C21H19FN10O6S3/c22-10-1-3-11(4-2-10)38-27-12(15-25-20(23)41-28-15)16(34)24-13-17(35)32-14(19(36)37)9(7-39-18(13)32)8-40-21-26-29-30-31(21)5-6-33/h1-4,13,18,33H,5-8H2,(H,24,34)(H,36,37)(H2,23,25,28)/b27-12+. The number of nitrogens with one attached hydrogen (secondary N) is 1. The number of aromatic nitrogens is 6. The van der Waals surface area contributed by atoms with Gasteiger partial charge in [-0.3, -0.25) is 14.5 Å². The first-order chi connectivity index (χ1) is 19.8. The second kappa shape index (κ2) is 12.2. The fourth-order valence-corrected chi connectivity index (χ4v) is 6.62. The predicted molar refractivity (Wildman–Crippen MR) is 143 cm³/mol. The molecule has 20 heteroatoms. The number of fused-ring (bicyclic) bond motifs is 1. The highest BCUT2D eigenvalue weighted by Gasteiger charge is 2.54. The highest BCUT2D eigenvalue weighted by molar-refractivity contribution is 8.01. The third-order valence-corrected chi connectivity index (χ3v) is 8.57. The number of nitrogens with zero attached hydrogens (tertiary/aromatic N) is 8. The van der Waals surface area contributed by atoms with Crippen molar-refractivity contribution in [1.29, 1.82) is 0 Å². The molecule has 2 unspecified atom stereocenters. The highest BCUT2D eigenvalue weighted by atomic mass is 32.2. The Balaban J connectivity index is 1.31. The molecule has 0 radical (unpaired) electrons. The molecule has 3 aromatic rings. The zero-order valence-electron chi connectivity index (χ0n) is 20.6. The number of hydrogen-bond acceptors (Lipinski definition) is 15. The molecule has 2 aromatic heterocycles. The molecule has 5 rings (SSSR count). The van der Waals surface area contributed by atoms with Gasteiger partial charge in [-0.25, -0.2) is 13.9 Å². The lowest BCUT2D eigenvalue weighted by atomic mass is 10.0. The molecule has 0 aliphatic carbocycles. The van der Waals surface area contributed by atoms with E-state index >= 15 is 0 Å². The molecule has 2 amide bonds. The molecule has 5 N–H and O–H groups in total. The number of carboxylic acid groups (broad SMARTS) is 1. The maximum atomic E-state index is 13.2. The molecule has 0 saturated carbocycles. The summed E-state index contributed by atoms with van der Waals surface area (Å²) in [5.74, 6) is -2.87. The van der Waals surface area contributed by atoms with Crippen molar-refractivity contribution in [2.24, 2.45) is 5.16 Å². The van der Waals surface area contributed by atoms with Gasteiger partial charge in [0, 0.05) is 23.0 Å². The topological polar surface area (TPSA) is 224 Å². The van der Waals surface area contributed by atoms with Crippen LogP contribution in [0.2, 0.25) is 0 Å². The Hall–Kier alpha value is -4.14. The molecule has 41 heavy (non-hydrogen) atoms. The molecule has 2 atom stereocenters. The number of hydrogen-bond donors (Lipinski definition) is 4. The summed E-state index contributed by atoms with van der Waals surface area (Å²) in [4.78, 5) is 48.8. The molecule has 4 heterocycles. The smallest absolute Gasteiger partial charge is 0.352 e. The van der Waals surface area contributed by atoms with Gasteiger partial charge in [0.15, 0.2) is 10.9 Å². The maximum absolute atomic E-state index is 13.2. The van der Waals surface area contributed by atoms with Crippen LogP contribution >= 0.6 is 35.1 Å². The van der Waals surface area contributed by atoms with Gasteiger partial charge in [0.2, 0.25) is 16.7 Å². The minimum Gasteiger partial charge on any atom is -0.477 e. The van der Waals surface area contributed by atoms with Crippen LogP contribution in [0, 0.1) is 5.82 Å². The van der Waals surface area contributed by atoms with Crippen molar-refractivity contribution in [3.8, 4) is 5.75 Å². The van der Waals surface area contributed by atoms with E-state index in [0.29, 0.717) is 10.7 Å². The number of carbonyl (C=O) groups excluding carboxylic acids is 2. The number of aliphatic carboxylic acids is 1. The van der Waals surface area contributed by atoms with E-state index in [1.165, 1.54) is 40.3 Å². The number of aliphatic hydroxyl groups excluding tert-OH is 1. The largest absolute Gasteiger partial charge is 0.477 e. The molecular formula is C21H19FN10O6S3. The van der Waals surface area contributed by atoms with Gasteiger partial charge in [-0.1, -0.05) is 16.9 Å². The lowest BCUT2D eigenvalue weighted by Gasteiger charge is -2.49. The number of tetrazole rings is 1. The number of amides is 2. The fraction of sp³-hybridized carbons (Fsp3) is 0.286. The Kier molecular flexibility index (Phi) is 8.42. The van der Waals surface area contributed by atoms with E-state index < -0.39 is 35.0 Å². The Morgan fingerprint density at radius 3 is 2.78 bits per heavy atom. The second-order valence-corrected chi connectivity index (χ2v) is 11.1. The van der Waals surface area contributed by atoms with E-state index in [0.717, 1.165) is 28.6 Å². The van der Waals surface area contributed by atoms with E-state index in [-0.39, 0.29) is 52.8 Å². The number of thioether (sulfide) groups is 2. The number of benzene rings is 1. The van der Waals surface area contributed by atoms with Crippen LogP contribution in [-0.2, 0) is 20.9 Å². The zero-order valence-corrected chi connectivity index (χ0v) is 23.0.